The van der Waals surface area contributed by atoms with Gasteiger partial charge in [0.15, 0.2) is 0 Å². The van der Waals surface area contributed by atoms with Crippen LogP contribution in [0.2, 0.25) is 0 Å². The molecule has 0 aliphatic carbocycles. The number of hydrogen-bond donors (Lipinski definition) is 0. The van der Waals surface area contributed by atoms with Crippen molar-refractivity contribution in [2.24, 2.45) is 5.92 Å². The van der Waals surface area contributed by atoms with E-state index in [9.17, 15) is 4.79 Å². The monoisotopic (exact) mass is 240 g/mol. The maximum atomic E-state index is 11.8. The first kappa shape index (κ1) is 13.0. The predicted octanol–water partition coefficient (Wildman–Crippen LogP) is 0.618. The lowest BCUT2D eigenvalue weighted by Crippen LogP contribution is -2.43. The fraction of sp³-hybridized carbons (Fsp3) is 0.923. The van der Waals surface area contributed by atoms with Crippen LogP contribution in [0.5, 0.6) is 0 Å². The van der Waals surface area contributed by atoms with E-state index in [1.807, 2.05) is 0 Å². The van der Waals surface area contributed by atoms with Crippen LogP contribution >= 0.6 is 0 Å². The van der Waals surface area contributed by atoms with E-state index in [1.165, 1.54) is 12.8 Å². The lowest BCUT2D eigenvalue weighted by atomic mass is 9.99. The number of likely N-dealkylation sites (N-methyl/N-ethyl adjacent to an activating group) is 1. The molecule has 0 amide bonds. The molecule has 0 radical (unpaired) electrons. The van der Waals surface area contributed by atoms with Crippen molar-refractivity contribution in [3.63, 3.8) is 0 Å². The van der Waals surface area contributed by atoms with Crippen molar-refractivity contribution in [1.82, 2.24) is 9.80 Å². The van der Waals surface area contributed by atoms with Crippen LogP contribution in [0.3, 0.4) is 0 Å². The summed E-state index contributed by atoms with van der Waals surface area (Å²) >= 11 is 0. The smallest absolute Gasteiger partial charge is 0.141 e. The van der Waals surface area contributed by atoms with Crippen LogP contribution < -0.4 is 0 Å². The van der Waals surface area contributed by atoms with Gasteiger partial charge in [-0.3, -0.25) is 9.69 Å². The van der Waals surface area contributed by atoms with E-state index in [2.05, 4.69) is 23.9 Å². The molecule has 0 aromatic heterocycles. The van der Waals surface area contributed by atoms with Crippen molar-refractivity contribution in [1.29, 1.82) is 0 Å². The molecule has 17 heavy (non-hydrogen) atoms. The summed E-state index contributed by atoms with van der Waals surface area (Å²) in [5.41, 5.74) is 0. The first-order valence-electron chi connectivity index (χ1n) is 6.66. The number of carbonyl (C=O) groups is 1. The van der Waals surface area contributed by atoms with E-state index in [4.69, 9.17) is 4.74 Å². The number of likely N-dealkylation sites (tertiary alicyclic amines) is 1. The van der Waals surface area contributed by atoms with Gasteiger partial charge in [-0.25, -0.2) is 0 Å². The van der Waals surface area contributed by atoms with Gasteiger partial charge in [-0.05, 0) is 33.5 Å². The quantitative estimate of drug-likeness (QED) is 0.721. The third kappa shape index (κ3) is 3.50. The summed E-state index contributed by atoms with van der Waals surface area (Å²) < 4.78 is 5.42. The second kappa shape index (κ2) is 5.94. The molecule has 0 saturated carbocycles. The average molecular weight is 240 g/mol. The maximum absolute atomic E-state index is 11.8. The van der Waals surface area contributed by atoms with Crippen molar-refractivity contribution in [3.8, 4) is 0 Å². The van der Waals surface area contributed by atoms with Crippen LogP contribution in [-0.2, 0) is 9.53 Å². The highest BCUT2D eigenvalue weighted by Crippen LogP contribution is 2.21. The predicted molar refractivity (Wildman–Crippen MR) is 67.1 cm³/mol. The Balaban J connectivity index is 1.86. The average Bonchev–Trinajstić information content (AvgIpc) is 2.68. The Bertz CT molecular complexity index is 268. The van der Waals surface area contributed by atoms with Crippen LogP contribution in [0.15, 0.2) is 0 Å². The molecule has 0 aromatic carbocycles. The van der Waals surface area contributed by atoms with Crippen molar-refractivity contribution < 1.29 is 9.53 Å². The number of ether oxygens (including phenoxy) is 1. The van der Waals surface area contributed by atoms with Crippen molar-refractivity contribution in [2.45, 2.75) is 25.3 Å². The van der Waals surface area contributed by atoms with Gasteiger partial charge < -0.3 is 9.64 Å². The van der Waals surface area contributed by atoms with Gasteiger partial charge in [0.2, 0.25) is 0 Å². The first-order valence-corrected chi connectivity index (χ1v) is 6.66. The number of carbonyl (C=O) groups excluding carboxylic acids is 1. The van der Waals surface area contributed by atoms with E-state index in [0.717, 1.165) is 19.6 Å². The van der Waals surface area contributed by atoms with E-state index < -0.39 is 0 Å². The Morgan fingerprint density at radius 2 is 2.29 bits per heavy atom. The normalized spacial score (nSPS) is 31.4. The molecule has 2 atom stereocenters. The van der Waals surface area contributed by atoms with E-state index >= 15 is 0 Å². The minimum absolute atomic E-state index is 0.117. The molecule has 4 nitrogen and oxygen atoms in total. The SMILES string of the molecule is CN(C)CC1CCCN1CC1COCCC1=O. The lowest BCUT2D eigenvalue weighted by Gasteiger charge is -2.31. The number of hydrogen-bond acceptors (Lipinski definition) is 4. The Morgan fingerprint density at radius 1 is 1.47 bits per heavy atom. The molecule has 4 heteroatoms. The largest absolute Gasteiger partial charge is 0.380 e. The summed E-state index contributed by atoms with van der Waals surface area (Å²) in [6, 6.07) is 0.625. The van der Waals surface area contributed by atoms with Gasteiger partial charge in [0.05, 0.1) is 19.1 Å². The van der Waals surface area contributed by atoms with Crippen LogP contribution in [-0.4, -0.2) is 68.6 Å². The van der Waals surface area contributed by atoms with Crippen LogP contribution in [0.4, 0.5) is 0 Å². The fourth-order valence-corrected chi connectivity index (χ4v) is 2.90. The second-order valence-corrected chi connectivity index (χ2v) is 5.54. The van der Waals surface area contributed by atoms with Gasteiger partial charge >= 0.3 is 0 Å². The molecule has 2 unspecified atom stereocenters. The number of Topliss-reactive ketones (excluding diaryl/α,β-unsaturated/α-hetero) is 1. The topological polar surface area (TPSA) is 32.8 Å². The summed E-state index contributed by atoms with van der Waals surface area (Å²) in [5, 5.41) is 0. The standard InChI is InChI=1S/C13H24N2O2/c1-14(2)9-12-4-3-6-15(12)8-11-10-17-7-5-13(11)16/h11-12H,3-10H2,1-2H3. The van der Waals surface area contributed by atoms with Gasteiger partial charge in [0, 0.05) is 25.6 Å². The van der Waals surface area contributed by atoms with Crippen molar-refractivity contribution >= 4 is 5.78 Å². The fourth-order valence-electron chi connectivity index (χ4n) is 2.90. The summed E-state index contributed by atoms with van der Waals surface area (Å²) in [5.74, 6) is 0.512. The summed E-state index contributed by atoms with van der Waals surface area (Å²) in [6.45, 7) is 4.39. The minimum atomic E-state index is 0.117. The highest BCUT2D eigenvalue weighted by Gasteiger charge is 2.31. The highest BCUT2D eigenvalue weighted by atomic mass is 16.5. The molecule has 2 rings (SSSR count). The van der Waals surface area contributed by atoms with Crippen LogP contribution in [0.1, 0.15) is 19.3 Å². The third-order valence-electron chi connectivity index (χ3n) is 3.80. The molecule has 2 heterocycles. The van der Waals surface area contributed by atoms with Gasteiger partial charge in [0.1, 0.15) is 5.78 Å². The zero-order valence-electron chi connectivity index (χ0n) is 11.0. The first-order chi connectivity index (χ1) is 8.16. The van der Waals surface area contributed by atoms with E-state index in [-0.39, 0.29) is 5.92 Å². The van der Waals surface area contributed by atoms with Gasteiger partial charge in [-0.1, -0.05) is 0 Å². The maximum Gasteiger partial charge on any atom is 0.141 e. The third-order valence-corrected chi connectivity index (χ3v) is 3.80. The van der Waals surface area contributed by atoms with E-state index in [1.54, 1.807) is 0 Å². The Morgan fingerprint density at radius 3 is 3.00 bits per heavy atom. The number of ketones is 1. The van der Waals surface area contributed by atoms with Gasteiger partial charge in [-0.2, -0.15) is 0 Å². The molecule has 2 aliphatic rings. The molecule has 0 aromatic rings. The summed E-state index contributed by atoms with van der Waals surface area (Å²) in [7, 11) is 4.23. The van der Waals surface area contributed by atoms with Crippen LogP contribution in [0, 0.1) is 5.92 Å². The molecule has 2 saturated heterocycles. The molecule has 2 fully saturated rings. The lowest BCUT2D eigenvalue weighted by molar-refractivity contribution is -0.131. The van der Waals surface area contributed by atoms with Crippen molar-refractivity contribution in [2.75, 3.05) is 46.9 Å². The molecule has 2 aliphatic heterocycles. The Labute approximate surface area is 104 Å². The van der Waals surface area contributed by atoms with Gasteiger partial charge in [0.25, 0.3) is 0 Å². The minimum Gasteiger partial charge on any atom is -0.380 e. The second-order valence-electron chi connectivity index (χ2n) is 5.54. The Hall–Kier alpha value is -0.450. The van der Waals surface area contributed by atoms with Crippen molar-refractivity contribution in [3.05, 3.63) is 0 Å². The van der Waals surface area contributed by atoms with Crippen LogP contribution in [0.25, 0.3) is 0 Å². The summed E-state index contributed by atoms with van der Waals surface area (Å²) in [6.07, 6.45) is 3.14. The molecule has 0 bridgehead atoms. The zero-order chi connectivity index (χ0) is 12.3. The van der Waals surface area contributed by atoms with E-state index in [0.29, 0.717) is 31.5 Å². The molecule has 98 valence electrons. The zero-order valence-corrected chi connectivity index (χ0v) is 11.0. The summed E-state index contributed by atoms with van der Waals surface area (Å²) in [4.78, 5) is 16.5. The molecular weight excluding hydrogens is 216 g/mol. The van der Waals surface area contributed by atoms with Gasteiger partial charge in [-0.15, -0.1) is 0 Å². The number of rotatable bonds is 4. The molecule has 0 N–H and O–H groups in total. The highest BCUT2D eigenvalue weighted by molar-refractivity contribution is 5.82. The molecular formula is C13H24N2O2. The molecule has 0 spiro atoms. The number of nitrogens with zero attached hydrogens (tertiary/aromatic N) is 2. The Kier molecular flexibility index (Phi) is 4.54.